The lowest BCUT2D eigenvalue weighted by Gasteiger charge is -2.15. The molecule has 9 aromatic carbocycles. The van der Waals surface area contributed by atoms with Crippen molar-refractivity contribution >= 4 is 64.6 Å². The Morgan fingerprint density at radius 3 is 0.677 bits per heavy atom. The van der Waals surface area contributed by atoms with E-state index in [2.05, 4.69) is 183 Å². The summed E-state index contributed by atoms with van der Waals surface area (Å²) >= 11 is 0. The highest BCUT2D eigenvalue weighted by Gasteiger charge is 2.16. The molecule has 0 N–H and O–H groups in total. The molecule has 62 heavy (non-hydrogen) atoms. The zero-order chi connectivity index (χ0) is 42.1. The van der Waals surface area contributed by atoms with Gasteiger partial charge in [-0.2, -0.15) is 0 Å². The fourth-order valence-electron chi connectivity index (χ4n) is 10.1. The first kappa shape index (κ1) is 41.0. The number of hydrogen-bond acceptors (Lipinski definition) is 0. The average molecular weight is 803 g/mol. The van der Waals surface area contributed by atoms with Gasteiger partial charge in [0.25, 0.3) is 0 Å². The Labute approximate surface area is 369 Å². The number of fused-ring (bicyclic) bond motifs is 6. The van der Waals surface area contributed by atoms with Crippen LogP contribution in [0.5, 0.6) is 0 Å². The van der Waals surface area contributed by atoms with Crippen LogP contribution in [0.2, 0.25) is 0 Å². The van der Waals surface area contributed by atoms with Crippen LogP contribution >= 0.6 is 0 Å². The minimum atomic E-state index is 1.06. The van der Waals surface area contributed by atoms with Gasteiger partial charge in [0.2, 0.25) is 0 Å². The molecule has 0 aliphatic rings. The summed E-state index contributed by atoms with van der Waals surface area (Å²) in [5.74, 6) is 15.2. The predicted octanol–water partition coefficient (Wildman–Crippen LogP) is 17.2. The van der Waals surface area contributed by atoms with E-state index in [0.717, 1.165) is 56.6 Å². The number of rotatable bonds is 14. The summed E-state index contributed by atoms with van der Waals surface area (Å²) in [5, 5.41) is 14.9. The molecule has 0 aliphatic carbocycles. The molecule has 0 fully saturated rings. The molecule has 0 heteroatoms. The molecule has 9 rings (SSSR count). The summed E-state index contributed by atoms with van der Waals surface area (Å²) in [4.78, 5) is 0. The summed E-state index contributed by atoms with van der Waals surface area (Å²) in [6.45, 7) is 4.58. The second-order valence-electron chi connectivity index (χ2n) is 17.3. The molecule has 0 saturated heterocycles. The molecule has 0 radical (unpaired) electrons. The molecule has 9 aromatic rings. The summed E-state index contributed by atoms with van der Waals surface area (Å²) in [5.41, 5.74) is 7.26. The molecule has 0 saturated carbocycles. The lowest BCUT2D eigenvalue weighted by molar-refractivity contribution is 0.609. The van der Waals surface area contributed by atoms with Crippen molar-refractivity contribution < 1.29 is 0 Å². The van der Waals surface area contributed by atoms with Gasteiger partial charge in [0.05, 0.1) is 0 Å². The quantitative estimate of drug-likeness (QED) is 0.0584. The minimum Gasteiger partial charge on any atom is -0.0654 e. The van der Waals surface area contributed by atoms with Crippen molar-refractivity contribution in [2.24, 2.45) is 0 Å². The van der Waals surface area contributed by atoms with Gasteiger partial charge in [-0.1, -0.05) is 247 Å². The maximum Gasteiger partial charge on any atom is 0.0406 e. The molecule has 0 bridgehead atoms. The van der Waals surface area contributed by atoms with Crippen molar-refractivity contribution in [3.05, 3.63) is 179 Å². The molecular weight excluding hydrogens is 745 g/mol. The van der Waals surface area contributed by atoms with Crippen LogP contribution in [0, 0.1) is 23.7 Å². The zero-order valence-electron chi connectivity index (χ0n) is 36.8. The van der Waals surface area contributed by atoms with E-state index in [1.807, 2.05) is 0 Å². The van der Waals surface area contributed by atoms with Crippen LogP contribution in [0.25, 0.3) is 64.6 Å². The second-order valence-corrected chi connectivity index (χ2v) is 17.3. The van der Waals surface area contributed by atoms with Gasteiger partial charge in [-0.3, -0.25) is 0 Å². The topological polar surface area (TPSA) is 0 Å². The third kappa shape index (κ3) is 8.33. The van der Waals surface area contributed by atoms with Crippen LogP contribution in [-0.2, 0) is 12.8 Å². The van der Waals surface area contributed by atoms with Gasteiger partial charge in [-0.15, -0.1) is 0 Å². The summed E-state index contributed by atoms with van der Waals surface area (Å²) < 4.78 is 0. The predicted molar refractivity (Wildman–Crippen MR) is 270 cm³/mol. The van der Waals surface area contributed by atoms with E-state index < -0.39 is 0 Å². The standard InChI is InChI=1S/C62H58/c1-3-5-7-9-11-13-27-45-47-29-15-19-33-51(47)59(52-34-20-16-30-48(45)52)41-43-61-55-37-23-25-39-57(55)62(58-40-26-24-38-56(58)61)44-42-60-53-35-21-17-31-49(53)46(28-14-12-10-8-6-4-2)50-32-18-22-36-54(50)60/h15-26,29-40H,3-14,27-28H2,1-2H3. The van der Waals surface area contributed by atoms with Gasteiger partial charge in [-0.05, 0) is 101 Å². The van der Waals surface area contributed by atoms with Crippen molar-refractivity contribution in [2.45, 2.75) is 104 Å². The first-order chi connectivity index (χ1) is 30.8. The van der Waals surface area contributed by atoms with Crippen molar-refractivity contribution in [2.75, 3.05) is 0 Å². The van der Waals surface area contributed by atoms with E-state index >= 15 is 0 Å². The fourth-order valence-corrected chi connectivity index (χ4v) is 10.1. The van der Waals surface area contributed by atoms with E-state index in [0.29, 0.717) is 0 Å². The molecule has 0 atom stereocenters. The fraction of sp³-hybridized carbons (Fsp3) is 0.258. The molecule has 0 amide bonds. The van der Waals surface area contributed by atoms with Gasteiger partial charge in [-0.25, -0.2) is 0 Å². The Balaban J connectivity index is 1.16. The van der Waals surface area contributed by atoms with Crippen LogP contribution in [0.1, 0.15) is 124 Å². The Morgan fingerprint density at radius 2 is 0.435 bits per heavy atom. The molecular formula is C62H58. The van der Waals surface area contributed by atoms with Gasteiger partial charge in [0.15, 0.2) is 0 Å². The van der Waals surface area contributed by atoms with Crippen molar-refractivity contribution in [1.29, 1.82) is 0 Å². The normalized spacial score (nSPS) is 11.4. The summed E-state index contributed by atoms with van der Waals surface area (Å²) in [6, 6.07) is 53.3. The van der Waals surface area contributed by atoms with E-state index in [1.165, 1.54) is 131 Å². The highest BCUT2D eigenvalue weighted by Crippen LogP contribution is 2.37. The van der Waals surface area contributed by atoms with Crippen molar-refractivity contribution in [3.8, 4) is 23.7 Å². The van der Waals surface area contributed by atoms with E-state index in [9.17, 15) is 0 Å². The molecule has 0 nitrogen and oxygen atoms in total. The van der Waals surface area contributed by atoms with Crippen LogP contribution in [-0.4, -0.2) is 0 Å². The molecule has 0 heterocycles. The lowest BCUT2D eigenvalue weighted by Crippen LogP contribution is -1.95. The maximum absolute atomic E-state index is 3.81. The highest BCUT2D eigenvalue weighted by molar-refractivity contribution is 6.12. The largest absolute Gasteiger partial charge is 0.0654 e. The lowest BCUT2D eigenvalue weighted by atomic mass is 9.88. The van der Waals surface area contributed by atoms with Crippen LogP contribution < -0.4 is 0 Å². The minimum absolute atomic E-state index is 1.06. The summed E-state index contributed by atoms with van der Waals surface area (Å²) in [7, 11) is 0. The number of aryl methyl sites for hydroxylation is 2. The monoisotopic (exact) mass is 802 g/mol. The molecule has 306 valence electrons. The van der Waals surface area contributed by atoms with E-state index in [-0.39, 0.29) is 0 Å². The van der Waals surface area contributed by atoms with E-state index in [1.54, 1.807) is 0 Å². The number of benzene rings is 9. The van der Waals surface area contributed by atoms with Crippen molar-refractivity contribution in [1.82, 2.24) is 0 Å². The Bertz CT molecular complexity index is 2790. The van der Waals surface area contributed by atoms with E-state index in [4.69, 9.17) is 0 Å². The Morgan fingerprint density at radius 1 is 0.242 bits per heavy atom. The Hall–Kier alpha value is -6.34. The van der Waals surface area contributed by atoms with Gasteiger partial charge >= 0.3 is 0 Å². The first-order valence-electron chi connectivity index (χ1n) is 23.6. The van der Waals surface area contributed by atoms with Crippen molar-refractivity contribution in [3.63, 3.8) is 0 Å². The average Bonchev–Trinajstić information content (AvgIpc) is 3.32. The Kier molecular flexibility index (Phi) is 13.0. The molecule has 0 unspecified atom stereocenters. The smallest absolute Gasteiger partial charge is 0.0406 e. The molecule has 0 spiro atoms. The third-order valence-electron chi connectivity index (χ3n) is 13.2. The maximum atomic E-state index is 3.81. The highest BCUT2D eigenvalue weighted by atomic mass is 14.2. The molecule has 0 aromatic heterocycles. The first-order valence-corrected chi connectivity index (χ1v) is 23.6. The third-order valence-corrected chi connectivity index (χ3v) is 13.2. The van der Waals surface area contributed by atoms with Crippen LogP contribution in [0.3, 0.4) is 0 Å². The van der Waals surface area contributed by atoms with Gasteiger partial charge in [0.1, 0.15) is 0 Å². The number of unbranched alkanes of at least 4 members (excludes halogenated alkanes) is 10. The molecule has 0 aliphatic heterocycles. The van der Waals surface area contributed by atoms with Gasteiger partial charge in [0, 0.05) is 22.3 Å². The second kappa shape index (κ2) is 19.6. The zero-order valence-corrected chi connectivity index (χ0v) is 36.8. The number of hydrogen-bond donors (Lipinski definition) is 0. The van der Waals surface area contributed by atoms with Crippen LogP contribution in [0.15, 0.2) is 146 Å². The SMILES string of the molecule is CCCCCCCCc1c2ccccc2c(C#Cc2c3ccccc3c(C#Cc3c4ccccc4c(CCCCCCCC)c4ccccc34)c3ccccc23)c2ccccc12. The summed E-state index contributed by atoms with van der Waals surface area (Å²) in [6.07, 6.45) is 17.7. The van der Waals surface area contributed by atoms with Gasteiger partial charge < -0.3 is 0 Å². The van der Waals surface area contributed by atoms with Crippen LogP contribution in [0.4, 0.5) is 0 Å².